The highest BCUT2D eigenvalue weighted by atomic mass is 15.3. The van der Waals surface area contributed by atoms with Crippen molar-refractivity contribution in [3.8, 4) is 0 Å². The Morgan fingerprint density at radius 1 is 1.13 bits per heavy atom. The normalized spacial score (nSPS) is 19.6. The maximum absolute atomic E-state index is 4.63. The van der Waals surface area contributed by atoms with Crippen LogP contribution >= 0.6 is 0 Å². The van der Waals surface area contributed by atoms with E-state index in [-0.39, 0.29) is 0 Å². The van der Waals surface area contributed by atoms with Crippen LogP contribution in [0, 0.1) is 6.92 Å². The van der Waals surface area contributed by atoms with E-state index in [9.17, 15) is 0 Å². The largest absolute Gasteiger partial charge is 0.370 e. The van der Waals surface area contributed by atoms with Crippen molar-refractivity contribution >= 4 is 11.6 Å². The van der Waals surface area contributed by atoms with Gasteiger partial charge in [0.25, 0.3) is 0 Å². The molecule has 5 nitrogen and oxygen atoms in total. The fraction of sp³-hybridized carbons (Fsp3) is 0.667. The minimum Gasteiger partial charge on any atom is -0.370 e. The second kappa shape index (κ2) is 7.77. The van der Waals surface area contributed by atoms with Gasteiger partial charge < -0.3 is 15.1 Å². The van der Waals surface area contributed by atoms with Crippen molar-refractivity contribution < 1.29 is 0 Å². The fourth-order valence-electron chi connectivity index (χ4n) is 3.32. The zero-order valence-electron chi connectivity index (χ0n) is 14.5. The maximum Gasteiger partial charge on any atom is 0.134 e. The minimum absolute atomic E-state index is 0.848. The van der Waals surface area contributed by atoms with E-state index in [1.807, 2.05) is 6.92 Å². The van der Waals surface area contributed by atoms with Crippen LogP contribution < -0.4 is 10.2 Å². The Morgan fingerprint density at radius 2 is 1.96 bits per heavy atom. The third kappa shape index (κ3) is 4.67. The number of rotatable bonds is 5. The summed E-state index contributed by atoms with van der Waals surface area (Å²) < 4.78 is 0. The summed E-state index contributed by atoms with van der Waals surface area (Å²) in [5.41, 5.74) is 1.61. The van der Waals surface area contributed by atoms with Crippen molar-refractivity contribution in [2.24, 2.45) is 0 Å². The Labute approximate surface area is 139 Å². The van der Waals surface area contributed by atoms with Crippen molar-refractivity contribution in [1.29, 1.82) is 0 Å². The van der Waals surface area contributed by atoms with Gasteiger partial charge in [0.2, 0.25) is 0 Å². The SMILES string of the molecule is Cc1nc(NCCC2=CCCCC2)cc(N2CCN(C)CC2)n1. The molecule has 0 aromatic carbocycles. The third-order valence-corrected chi connectivity index (χ3v) is 4.79. The Balaban J connectivity index is 1.57. The number of aromatic nitrogens is 2. The van der Waals surface area contributed by atoms with E-state index < -0.39 is 0 Å². The van der Waals surface area contributed by atoms with Gasteiger partial charge in [0.05, 0.1) is 0 Å². The summed E-state index contributed by atoms with van der Waals surface area (Å²) in [5.74, 6) is 2.87. The molecular formula is C18H29N5. The third-order valence-electron chi connectivity index (χ3n) is 4.79. The average molecular weight is 315 g/mol. The van der Waals surface area contributed by atoms with Crippen LogP contribution in [0.5, 0.6) is 0 Å². The molecule has 0 bridgehead atoms. The summed E-state index contributed by atoms with van der Waals surface area (Å²) in [6.45, 7) is 7.22. The van der Waals surface area contributed by atoms with Gasteiger partial charge in [0.15, 0.2) is 0 Å². The standard InChI is InChI=1S/C18H29N5/c1-15-20-17(19-9-8-16-6-4-3-5-7-16)14-18(21-15)23-12-10-22(2)11-13-23/h6,14H,3-5,7-13H2,1-2H3,(H,19,20,21). The number of aryl methyl sites for hydroxylation is 1. The quantitative estimate of drug-likeness (QED) is 0.847. The molecule has 126 valence electrons. The number of likely N-dealkylation sites (N-methyl/N-ethyl adjacent to an activating group) is 1. The Morgan fingerprint density at radius 3 is 2.70 bits per heavy atom. The van der Waals surface area contributed by atoms with Crippen LogP contribution in [0.25, 0.3) is 0 Å². The number of hydrogen-bond donors (Lipinski definition) is 1. The summed E-state index contributed by atoms with van der Waals surface area (Å²) in [4.78, 5) is 13.9. The van der Waals surface area contributed by atoms with E-state index in [1.54, 1.807) is 5.57 Å². The van der Waals surface area contributed by atoms with Crippen molar-refractivity contribution in [2.45, 2.75) is 39.0 Å². The second-order valence-corrected chi connectivity index (χ2v) is 6.73. The highest BCUT2D eigenvalue weighted by Crippen LogP contribution is 2.21. The van der Waals surface area contributed by atoms with Crippen LogP contribution in [0.2, 0.25) is 0 Å². The highest BCUT2D eigenvalue weighted by molar-refractivity contribution is 5.49. The summed E-state index contributed by atoms with van der Waals surface area (Å²) in [6.07, 6.45) is 8.80. The van der Waals surface area contributed by atoms with Crippen molar-refractivity contribution in [1.82, 2.24) is 14.9 Å². The molecule has 0 amide bonds. The van der Waals surface area contributed by atoms with Crippen LogP contribution in [-0.2, 0) is 0 Å². The lowest BCUT2D eigenvalue weighted by atomic mass is 9.97. The van der Waals surface area contributed by atoms with Gasteiger partial charge in [0, 0.05) is 38.8 Å². The summed E-state index contributed by atoms with van der Waals surface area (Å²) in [7, 11) is 2.18. The molecule has 2 aliphatic rings. The highest BCUT2D eigenvalue weighted by Gasteiger charge is 2.16. The van der Waals surface area contributed by atoms with Crippen LogP contribution in [0.1, 0.15) is 37.9 Å². The van der Waals surface area contributed by atoms with Crippen molar-refractivity contribution in [3.63, 3.8) is 0 Å². The second-order valence-electron chi connectivity index (χ2n) is 6.73. The molecule has 1 aliphatic heterocycles. The van der Waals surface area contributed by atoms with Crippen LogP contribution in [0.4, 0.5) is 11.6 Å². The number of nitrogens with zero attached hydrogens (tertiary/aromatic N) is 4. The molecule has 23 heavy (non-hydrogen) atoms. The summed E-state index contributed by atoms with van der Waals surface area (Å²) in [5, 5.41) is 3.49. The predicted molar refractivity (Wildman–Crippen MR) is 96.1 cm³/mol. The molecule has 1 aromatic heterocycles. The lowest BCUT2D eigenvalue weighted by molar-refractivity contribution is 0.312. The van der Waals surface area contributed by atoms with Gasteiger partial charge >= 0.3 is 0 Å². The van der Waals surface area contributed by atoms with E-state index in [0.717, 1.165) is 56.6 Å². The van der Waals surface area contributed by atoms with E-state index in [1.165, 1.54) is 25.7 Å². The molecule has 1 aliphatic carbocycles. The number of hydrogen-bond acceptors (Lipinski definition) is 5. The number of anilines is 2. The van der Waals surface area contributed by atoms with E-state index in [2.05, 4.69) is 44.3 Å². The average Bonchev–Trinajstić information content (AvgIpc) is 2.56. The number of nitrogens with one attached hydrogen (secondary N) is 1. The minimum atomic E-state index is 0.848. The fourth-order valence-corrected chi connectivity index (χ4v) is 3.32. The Bertz CT molecular complexity index is 546. The molecule has 1 saturated heterocycles. The molecule has 2 heterocycles. The lowest BCUT2D eigenvalue weighted by Gasteiger charge is -2.33. The zero-order chi connectivity index (χ0) is 16.1. The van der Waals surface area contributed by atoms with Crippen LogP contribution in [0.15, 0.2) is 17.7 Å². The van der Waals surface area contributed by atoms with Gasteiger partial charge in [-0.15, -0.1) is 0 Å². The molecule has 0 atom stereocenters. The van der Waals surface area contributed by atoms with Crippen LogP contribution in [-0.4, -0.2) is 54.6 Å². The molecular weight excluding hydrogens is 286 g/mol. The maximum atomic E-state index is 4.63. The molecule has 0 radical (unpaired) electrons. The van der Waals surface area contributed by atoms with E-state index in [4.69, 9.17) is 0 Å². The van der Waals surface area contributed by atoms with Gasteiger partial charge in [-0.05, 0) is 46.1 Å². The first-order chi connectivity index (χ1) is 11.2. The first-order valence-corrected chi connectivity index (χ1v) is 8.92. The van der Waals surface area contributed by atoms with Gasteiger partial charge in [-0.1, -0.05) is 11.6 Å². The molecule has 1 aromatic rings. The lowest BCUT2D eigenvalue weighted by Crippen LogP contribution is -2.44. The van der Waals surface area contributed by atoms with Crippen LogP contribution in [0.3, 0.4) is 0 Å². The molecule has 0 unspecified atom stereocenters. The van der Waals surface area contributed by atoms with E-state index >= 15 is 0 Å². The van der Waals surface area contributed by atoms with E-state index in [0.29, 0.717) is 0 Å². The molecule has 5 heteroatoms. The zero-order valence-corrected chi connectivity index (χ0v) is 14.5. The van der Waals surface area contributed by atoms with Crippen molar-refractivity contribution in [3.05, 3.63) is 23.5 Å². The molecule has 1 N–H and O–H groups in total. The first-order valence-electron chi connectivity index (χ1n) is 8.92. The smallest absolute Gasteiger partial charge is 0.134 e. The monoisotopic (exact) mass is 315 g/mol. The molecule has 3 rings (SSSR count). The first kappa shape index (κ1) is 16.2. The summed E-state index contributed by atoms with van der Waals surface area (Å²) >= 11 is 0. The number of piperazine rings is 1. The summed E-state index contributed by atoms with van der Waals surface area (Å²) in [6, 6.07) is 2.10. The topological polar surface area (TPSA) is 44.3 Å². The molecule has 0 saturated carbocycles. The van der Waals surface area contributed by atoms with Crippen molar-refractivity contribution in [2.75, 3.05) is 50.0 Å². The Kier molecular flexibility index (Phi) is 5.49. The number of allylic oxidation sites excluding steroid dienone is 1. The molecule has 0 spiro atoms. The predicted octanol–water partition coefficient (Wildman–Crippen LogP) is 2.84. The Hall–Kier alpha value is -1.62. The van der Waals surface area contributed by atoms with Gasteiger partial charge in [-0.3, -0.25) is 0 Å². The van der Waals surface area contributed by atoms with Gasteiger partial charge in [0.1, 0.15) is 17.5 Å². The van der Waals surface area contributed by atoms with Gasteiger partial charge in [-0.2, -0.15) is 0 Å². The molecule has 1 fully saturated rings. The van der Waals surface area contributed by atoms with Gasteiger partial charge in [-0.25, -0.2) is 9.97 Å².